The molecular formula is C24H24N2O4S. The zero-order chi connectivity index (χ0) is 22.2. The molecule has 0 saturated carbocycles. The summed E-state index contributed by atoms with van der Waals surface area (Å²) in [5.74, 6) is 0.639. The average Bonchev–Trinajstić information content (AvgIpc) is 3.31. The highest BCUT2D eigenvalue weighted by atomic mass is 32.1. The lowest BCUT2D eigenvalue weighted by Crippen LogP contribution is -2.36. The van der Waals surface area contributed by atoms with Gasteiger partial charge in [0.15, 0.2) is 0 Å². The first-order valence-electron chi connectivity index (χ1n) is 9.65. The monoisotopic (exact) mass is 436 g/mol. The first-order chi connectivity index (χ1) is 15.0. The summed E-state index contributed by atoms with van der Waals surface area (Å²) in [5.41, 5.74) is 1.52. The molecule has 0 bridgehead atoms. The van der Waals surface area contributed by atoms with Gasteiger partial charge in [0, 0.05) is 10.4 Å². The number of hydrogen-bond donors (Lipinski definition) is 2. The number of methoxy groups -OCH3 is 2. The molecule has 1 unspecified atom stereocenters. The predicted molar refractivity (Wildman–Crippen MR) is 122 cm³/mol. The number of carbonyl (C=O) groups is 2. The van der Waals surface area contributed by atoms with Gasteiger partial charge < -0.3 is 20.1 Å². The van der Waals surface area contributed by atoms with Crippen LogP contribution in [0.1, 0.15) is 33.8 Å². The van der Waals surface area contributed by atoms with E-state index in [0.717, 1.165) is 16.2 Å². The van der Waals surface area contributed by atoms with Gasteiger partial charge in [0.25, 0.3) is 11.8 Å². The van der Waals surface area contributed by atoms with Gasteiger partial charge in [-0.15, -0.1) is 11.3 Å². The Labute approximate surface area is 185 Å². The van der Waals surface area contributed by atoms with Crippen molar-refractivity contribution in [3.63, 3.8) is 0 Å². The lowest BCUT2D eigenvalue weighted by atomic mass is 10.1. The van der Waals surface area contributed by atoms with Crippen molar-refractivity contribution in [1.82, 2.24) is 10.6 Å². The molecule has 0 fully saturated rings. The minimum atomic E-state index is -0.377. The zero-order valence-corrected chi connectivity index (χ0v) is 18.4. The molecule has 0 aliphatic carbocycles. The number of benzene rings is 2. The first kappa shape index (κ1) is 22.1. The van der Waals surface area contributed by atoms with Crippen LogP contribution < -0.4 is 20.1 Å². The van der Waals surface area contributed by atoms with Crippen molar-refractivity contribution in [1.29, 1.82) is 0 Å². The molecule has 0 spiro atoms. The maximum atomic E-state index is 13.0. The molecule has 0 aliphatic rings. The molecule has 0 saturated heterocycles. The molecule has 1 atom stereocenters. The molecule has 7 heteroatoms. The van der Waals surface area contributed by atoms with Crippen molar-refractivity contribution in [3.8, 4) is 11.5 Å². The molecule has 3 aromatic rings. The summed E-state index contributed by atoms with van der Waals surface area (Å²) in [6.45, 7) is 1.88. The van der Waals surface area contributed by atoms with Gasteiger partial charge in [-0.25, -0.2) is 0 Å². The number of carbonyl (C=O) groups excluding carboxylic acids is 2. The second-order valence-corrected chi connectivity index (χ2v) is 7.70. The van der Waals surface area contributed by atoms with Crippen LogP contribution in [0.4, 0.5) is 0 Å². The molecule has 160 valence electrons. The summed E-state index contributed by atoms with van der Waals surface area (Å²) in [5, 5.41) is 7.59. The Kier molecular flexibility index (Phi) is 7.45. The van der Waals surface area contributed by atoms with Crippen molar-refractivity contribution >= 4 is 29.2 Å². The molecule has 3 rings (SSSR count). The minimum Gasteiger partial charge on any atom is -0.497 e. The normalized spacial score (nSPS) is 12.0. The van der Waals surface area contributed by atoms with E-state index < -0.39 is 0 Å². The highest BCUT2D eigenvalue weighted by Crippen LogP contribution is 2.19. The smallest absolute Gasteiger partial charge is 0.268 e. The van der Waals surface area contributed by atoms with Gasteiger partial charge in [0.2, 0.25) is 0 Å². The molecule has 2 aromatic carbocycles. The molecular weight excluding hydrogens is 412 g/mol. The largest absolute Gasteiger partial charge is 0.497 e. The molecule has 0 radical (unpaired) electrons. The third-order valence-electron chi connectivity index (χ3n) is 4.64. The number of amides is 2. The summed E-state index contributed by atoms with van der Waals surface area (Å²) in [7, 11) is 3.17. The summed E-state index contributed by atoms with van der Waals surface area (Å²) in [6.07, 6.45) is 1.67. The number of nitrogens with one attached hydrogen (secondary N) is 2. The minimum absolute atomic E-state index is 0.170. The van der Waals surface area contributed by atoms with E-state index >= 15 is 0 Å². The van der Waals surface area contributed by atoms with Crippen molar-refractivity contribution in [2.75, 3.05) is 14.2 Å². The second kappa shape index (κ2) is 10.4. The van der Waals surface area contributed by atoms with Crippen molar-refractivity contribution < 1.29 is 19.1 Å². The van der Waals surface area contributed by atoms with Crippen molar-refractivity contribution in [2.24, 2.45) is 0 Å². The van der Waals surface area contributed by atoms with E-state index in [1.165, 1.54) is 11.3 Å². The topological polar surface area (TPSA) is 76.7 Å². The van der Waals surface area contributed by atoms with E-state index in [0.29, 0.717) is 11.3 Å². The predicted octanol–water partition coefficient (Wildman–Crippen LogP) is 4.41. The van der Waals surface area contributed by atoms with Crippen molar-refractivity contribution in [2.45, 2.75) is 13.0 Å². The summed E-state index contributed by atoms with van der Waals surface area (Å²) < 4.78 is 10.3. The van der Waals surface area contributed by atoms with Gasteiger partial charge in [-0.1, -0.05) is 18.2 Å². The van der Waals surface area contributed by atoms with Gasteiger partial charge in [-0.3, -0.25) is 9.59 Å². The number of thiophene rings is 1. The van der Waals surface area contributed by atoms with Crippen LogP contribution in [0.2, 0.25) is 0 Å². The fraction of sp³-hybridized carbons (Fsp3) is 0.167. The number of rotatable bonds is 8. The molecule has 6 nitrogen and oxygen atoms in total. The van der Waals surface area contributed by atoms with Crippen LogP contribution in [0.5, 0.6) is 11.5 Å². The van der Waals surface area contributed by atoms with Crippen molar-refractivity contribution in [3.05, 3.63) is 87.7 Å². The van der Waals surface area contributed by atoms with Crippen LogP contribution in [0, 0.1) is 0 Å². The van der Waals surface area contributed by atoms with Gasteiger partial charge in [-0.05, 0) is 66.4 Å². The van der Waals surface area contributed by atoms with Gasteiger partial charge in [-0.2, -0.15) is 0 Å². The number of ether oxygens (including phenoxy) is 2. The SMILES string of the molecule is COc1ccc(C(=O)N/C(=C\c2cccs2)C(=O)NC(C)c2ccc(OC)cc2)cc1. The van der Waals surface area contributed by atoms with Gasteiger partial charge in [0.1, 0.15) is 17.2 Å². The highest BCUT2D eigenvalue weighted by Gasteiger charge is 2.18. The quantitative estimate of drug-likeness (QED) is 0.513. The lowest BCUT2D eigenvalue weighted by Gasteiger charge is -2.17. The van der Waals surface area contributed by atoms with Crippen LogP contribution in [0.15, 0.2) is 71.7 Å². The molecule has 1 aromatic heterocycles. The summed E-state index contributed by atoms with van der Waals surface area (Å²) in [4.78, 5) is 26.6. The maximum Gasteiger partial charge on any atom is 0.268 e. The Morgan fingerprint density at radius 3 is 2.10 bits per heavy atom. The van der Waals surface area contributed by atoms with E-state index in [4.69, 9.17) is 9.47 Å². The van der Waals surface area contributed by atoms with Crippen LogP contribution in [0.3, 0.4) is 0 Å². The van der Waals surface area contributed by atoms with Gasteiger partial charge >= 0.3 is 0 Å². The Morgan fingerprint density at radius 2 is 1.55 bits per heavy atom. The molecule has 1 heterocycles. The Bertz CT molecular complexity index is 1040. The molecule has 2 N–H and O–H groups in total. The van der Waals surface area contributed by atoms with Gasteiger partial charge in [0.05, 0.1) is 20.3 Å². The lowest BCUT2D eigenvalue weighted by molar-refractivity contribution is -0.118. The average molecular weight is 437 g/mol. The molecule has 31 heavy (non-hydrogen) atoms. The second-order valence-electron chi connectivity index (χ2n) is 6.72. The third kappa shape index (κ3) is 5.96. The fourth-order valence-electron chi connectivity index (χ4n) is 2.86. The van der Waals surface area contributed by atoms with E-state index in [1.807, 2.05) is 48.7 Å². The third-order valence-corrected chi connectivity index (χ3v) is 5.46. The summed E-state index contributed by atoms with van der Waals surface area (Å²) in [6, 6.07) is 17.7. The van der Waals surface area contributed by atoms with E-state index in [9.17, 15) is 9.59 Å². The van der Waals surface area contributed by atoms with Crippen LogP contribution in [0.25, 0.3) is 6.08 Å². The van der Waals surface area contributed by atoms with Crippen LogP contribution in [-0.4, -0.2) is 26.0 Å². The highest BCUT2D eigenvalue weighted by molar-refractivity contribution is 7.10. The Morgan fingerprint density at radius 1 is 0.935 bits per heavy atom. The van der Waals surface area contributed by atoms with E-state index in [2.05, 4.69) is 10.6 Å². The van der Waals surface area contributed by atoms with Crippen LogP contribution >= 0.6 is 11.3 Å². The number of hydrogen-bond acceptors (Lipinski definition) is 5. The fourth-order valence-corrected chi connectivity index (χ4v) is 3.52. The van der Waals surface area contributed by atoms with E-state index in [-0.39, 0.29) is 23.6 Å². The summed E-state index contributed by atoms with van der Waals surface area (Å²) >= 11 is 1.48. The van der Waals surface area contributed by atoms with Crippen LogP contribution in [-0.2, 0) is 4.79 Å². The van der Waals surface area contributed by atoms with E-state index in [1.54, 1.807) is 44.6 Å². The Balaban J connectivity index is 1.77. The zero-order valence-electron chi connectivity index (χ0n) is 17.5. The Hall–Kier alpha value is -3.58. The molecule has 0 aliphatic heterocycles. The maximum absolute atomic E-state index is 13.0. The standard InChI is InChI=1S/C24H24N2O4S/c1-16(17-6-10-19(29-2)11-7-17)25-24(28)22(15-21-5-4-14-31-21)26-23(27)18-8-12-20(30-3)13-9-18/h4-16H,1-3H3,(H,25,28)(H,26,27)/b22-15-. The first-order valence-corrected chi connectivity index (χ1v) is 10.5. The molecule has 2 amide bonds.